The molecule has 0 bridgehead atoms. The maximum absolute atomic E-state index is 11.4. The maximum atomic E-state index is 11.4. The van der Waals surface area contributed by atoms with Gasteiger partial charge in [0.05, 0.1) is 16.9 Å². The van der Waals surface area contributed by atoms with Gasteiger partial charge in [-0.25, -0.2) is 0 Å². The number of primary amides is 1. The van der Waals surface area contributed by atoms with Crippen molar-refractivity contribution >= 4 is 17.3 Å². The molecule has 0 atom stereocenters. The predicted molar refractivity (Wildman–Crippen MR) is 82.9 cm³/mol. The van der Waals surface area contributed by atoms with E-state index in [0.717, 1.165) is 31.9 Å². The Kier molecular flexibility index (Phi) is 3.90. The second kappa shape index (κ2) is 5.32. The van der Waals surface area contributed by atoms with E-state index >= 15 is 0 Å². The van der Waals surface area contributed by atoms with Crippen molar-refractivity contribution in [1.82, 2.24) is 4.90 Å². The third-order valence-corrected chi connectivity index (χ3v) is 3.92. The fraction of sp³-hybridized carbons (Fsp3) is 0.533. The Morgan fingerprint density at radius 3 is 2.25 bits per heavy atom. The molecule has 1 heterocycles. The summed E-state index contributed by atoms with van der Waals surface area (Å²) in [6, 6.07) is 5.46. The molecule has 110 valence electrons. The molecule has 1 aliphatic rings. The second-order valence-corrected chi connectivity index (χ2v) is 6.25. The lowest BCUT2D eigenvalue weighted by molar-refractivity contribution is 0.100. The summed E-state index contributed by atoms with van der Waals surface area (Å²) in [5.41, 5.74) is 13.4. The monoisotopic (exact) mass is 276 g/mol. The minimum absolute atomic E-state index is 0.187. The highest BCUT2D eigenvalue weighted by atomic mass is 16.1. The number of hydrogen-bond acceptors (Lipinski definition) is 4. The summed E-state index contributed by atoms with van der Waals surface area (Å²) in [6.07, 6.45) is 0. The van der Waals surface area contributed by atoms with Gasteiger partial charge in [0.15, 0.2) is 0 Å². The Labute approximate surface area is 120 Å². The van der Waals surface area contributed by atoms with E-state index in [1.54, 1.807) is 6.07 Å². The van der Waals surface area contributed by atoms with Crippen molar-refractivity contribution in [1.29, 1.82) is 0 Å². The van der Waals surface area contributed by atoms with Crippen LogP contribution < -0.4 is 16.4 Å². The first-order chi connectivity index (χ1) is 9.30. The van der Waals surface area contributed by atoms with Gasteiger partial charge in [-0.15, -0.1) is 0 Å². The molecule has 0 radical (unpaired) electrons. The van der Waals surface area contributed by atoms with Gasteiger partial charge in [-0.3, -0.25) is 9.69 Å². The van der Waals surface area contributed by atoms with Crippen LogP contribution in [0.15, 0.2) is 18.2 Å². The van der Waals surface area contributed by atoms with E-state index in [4.69, 9.17) is 11.5 Å². The highest BCUT2D eigenvalue weighted by Crippen LogP contribution is 2.28. The zero-order chi connectivity index (χ0) is 14.9. The van der Waals surface area contributed by atoms with Crippen LogP contribution in [0.25, 0.3) is 0 Å². The summed E-state index contributed by atoms with van der Waals surface area (Å²) < 4.78 is 0. The van der Waals surface area contributed by atoms with Gasteiger partial charge in [0, 0.05) is 31.7 Å². The van der Waals surface area contributed by atoms with E-state index in [-0.39, 0.29) is 5.54 Å². The van der Waals surface area contributed by atoms with Crippen molar-refractivity contribution in [2.75, 3.05) is 36.8 Å². The van der Waals surface area contributed by atoms with Crippen LogP contribution in [0, 0.1) is 0 Å². The molecule has 1 aromatic rings. The molecule has 20 heavy (non-hydrogen) atoms. The van der Waals surface area contributed by atoms with Crippen molar-refractivity contribution < 1.29 is 4.79 Å². The third kappa shape index (κ3) is 2.88. The van der Waals surface area contributed by atoms with E-state index in [1.807, 2.05) is 12.1 Å². The van der Waals surface area contributed by atoms with Gasteiger partial charge >= 0.3 is 0 Å². The molecular formula is C15H24N4O. The van der Waals surface area contributed by atoms with Crippen LogP contribution in [0.4, 0.5) is 11.4 Å². The molecule has 2 rings (SSSR count). The highest BCUT2D eigenvalue weighted by Gasteiger charge is 2.26. The van der Waals surface area contributed by atoms with E-state index in [2.05, 4.69) is 30.6 Å². The van der Waals surface area contributed by atoms with E-state index in [1.165, 1.54) is 0 Å². The van der Waals surface area contributed by atoms with Crippen molar-refractivity contribution in [2.24, 2.45) is 5.73 Å². The molecule has 0 aromatic heterocycles. The molecule has 5 nitrogen and oxygen atoms in total. The van der Waals surface area contributed by atoms with Gasteiger partial charge < -0.3 is 16.4 Å². The fourth-order valence-corrected chi connectivity index (χ4v) is 2.66. The molecule has 0 aliphatic carbocycles. The smallest absolute Gasteiger partial charge is 0.250 e. The van der Waals surface area contributed by atoms with Crippen molar-refractivity contribution in [2.45, 2.75) is 26.3 Å². The zero-order valence-electron chi connectivity index (χ0n) is 12.5. The summed E-state index contributed by atoms with van der Waals surface area (Å²) >= 11 is 0. The predicted octanol–water partition coefficient (Wildman–Crippen LogP) is 1.29. The van der Waals surface area contributed by atoms with Crippen LogP contribution in [-0.2, 0) is 0 Å². The van der Waals surface area contributed by atoms with Gasteiger partial charge in [-0.1, -0.05) is 6.07 Å². The number of nitrogens with two attached hydrogens (primary N) is 2. The molecule has 1 amide bonds. The lowest BCUT2D eigenvalue weighted by Gasteiger charge is -2.43. The van der Waals surface area contributed by atoms with Crippen LogP contribution in [0.1, 0.15) is 31.1 Å². The molecule has 1 fully saturated rings. The normalized spacial score (nSPS) is 17.2. The largest absolute Gasteiger partial charge is 0.396 e. The lowest BCUT2D eigenvalue weighted by atomic mass is 10.0. The quantitative estimate of drug-likeness (QED) is 0.798. The standard InChI is InChI=1S/C15H24N4O/c1-15(2,3)19-9-7-18(8-10-19)12-6-4-5-11(13(12)16)14(17)20/h4-6H,7-10,16H2,1-3H3,(H2,17,20). The summed E-state index contributed by atoms with van der Waals surface area (Å²) in [5, 5.41) is 0. The number of carbonyl (C=O) groups is 1. The van der Waals surface area contributed by atoms with Gasteiger partial charge in [0.25, 0.3) is 5.91 Å². The number of benzene rings is 1. The van der Waals surface area contributed by atoms with Gasteiger partial charge in [-0.05, 0) is 32.9 Å². The molecule has 1 saturated heterocycles. The minimum atomic E-state index is -0.474. The molecule has 5 heteroatoms. The first-order valence-corrected chi connectivity index (χ1v) is 6.99. The average Bonchev–Trinajstić information content (AvgIpc) is 2.38. The molecule has 0 spiro atoms. The van der Waals surface area contributed by atoms with Crippen molar-refractivity contribution in [3.63, 3.8) is 0 Å². The zero-order valence-corrected chi connectivity index (χ0v) is 12.5. The topological polar surface area (TPSA) is 75.6 Å². The highest BCUT2D eigenvalue weighted by molar-refractivity contribution is 6.00. The summed E-state index contributed by atoms with van der Waals surface area (Å²) in [4.78, 5) is 16.0. The van der Waals surface area contributed by atoms with Gasteiger partial charge in [0.1, 0.15) is 0 Å². The number of nitrogen functional groups attached to an aromatic ring is 1. The average molecular weight is 276 g/mol. The Morgan fingerprint density at radius 2 is 1.75 bits per heavy atom. The second-order valence-electron chi connectivity index (χ2n) is 6.25. The fourth-order valence-electron chi connectivity index (χ4n) is 2.66. The molecule has 1 aliphatic heterocycles. The van der Waals surface area contributed by atoms with E-state index in [0.29, 0.717) is 11.3 Å². The summed E-state index contributed by atoms with van der Waals surface area (Å²) in [7, 11) is 0. The van der Waals surface area contributed by atoms with Crippen molar-refractivity contribution in [3.8, 4) is 0 Å². The number of rotatable bonds is 2. The minimum Gasteiger partial charge on any atom is -0.396 e. The van der Waals surface area contributed by atoms with Crippen LogP contribution in [-0.4, -0.2) is 42.5 Å². The van der Waals surface area contributed by atoms with E-state index in [9.17, 15) is 4.79 Å². The Hall–Kier alpha value is -1.75. The van der Waals surface area contributed by atoms with E-state index < -0.39 is 5.91 Å². The third-order valence-electron chi connectivity index (χ3n) is 3.92. The maximum Gasteiger partial charge on any atom is 0.250 e. The van der Waals surface area contributed by atoms with Crippen molar-refractivity contribution in [3.05, 3.63) is 23.8 Å². The van der Waals surface area contributed by atoms with Gasteiger partial charge in [-0.2, -0.15) is 0 Å². The Balaban J connectivity index is 2.15. The molecular weight excluding hydrogens is 252 g/mol. The van der Waals surface area contributed by atoms with Gasteiger partial charge in [0.2, 0.25) is 0 Å². The van der Waals surface area contributed by atoms with Crippen LogP contribution in [0.2, 0.25) is 0 Å². The Morgan fingerprint density at radius 1 is 1.15 bits per heavy atom. The van der Waals surface area contributed by atoms with Crippen LogP contribution >= 0.6 is 0 Å². The van der Waals surface area contributed by atoms with Crippen LogP contribution in [0.5, 0.6) is 0 Å². The molecule has 1 aromatic carbocycles. The lowest BCUT2D eigenvalue weighted by Crippen LogP contribution is -2.53. The number of nitrogens with zero attached hydrogens (tertiary/aromatic N) is 2. The number of anilines is 2. The molecule has 0 unspecified atom stereocenters. The Bertz CT molecular complexity index is 499. The number of carbonyl (C=O) groups excluding carboxylic acids is 1. The number of piperazine rings is 1. The first-order valence-electron chi connectivity index (χ1n) is 6.99. The first kappa shape index (κ1) is 14.7. The number of amides is 1. The SMILES string of the molecule is CC(C)(C)N1CCN(c2cccc(C(N)=O)c2N)CC1. The number of para-hydroxylation sites is 1. The number of hydrogen-bond donors (Lipinski definition) is 2. The molecule has 4 N–H and O–H groups in total. The van der Waals surface area contributed by atoms with Crippen LogP contribution in [0.3, 0.4) is 0 Å². The summed E-state index contributed by atoms with van der Waals surface area (Å²) in [6.45, 7) is 10.5. The summed E-state index contributed by atoms with van der Waals surface area (Å²) in [5.74, 6) is -0.474. The molecule has 0 saturated carbocycles.